The Bertz CT molecular complexity index is 4000. The molecule has 0 aliphatic carbocycles. The molecule has 0 amide bonds. The molecule has 0 radical (unpaired) electrons. The summed E-state index contributed by atoms with van der Waals surface area (Å²) in [5, 5.41) is 15.9. The Kier molecular flexibility index (Phi) is 8.47. The summed E-state index contributed by atoms with van der Waals surface area (Å²) in [5.74, 6) is 0.730. The molecule has 13 aromatic rings. The second kappa shape index (κ2) is 14.8. The van der Waals surface area contributed by atoms with Gasteiger partial charge in [0.15, 0.2) is 5.82 Å². The van der Waals surface area contributed by atoms with Crippen molar-refractivity contribution in [3.8, 4) is 56.0 Å². The largest absolute Gasteiger partial charge is 0.228 e. The summed E-state index contributed by atoms with van der Waals surface area (Å²) < 4.78 is 0. The standard InChI is InChI=1S/C63H40N2/c1-39-14-11-17-41-32-33-43-19-13-26-52(60(43)57(39)41)51-25-12-18-42-34-35-47-38-46(36-37-48(47)58(42)51)40-28-30-44(31-29-40)59-49-20-5-7-22-53(49)61(54-23-8-6-21-50(54)59)63-64-56-27-10-9-24-55(56)62(65-63)45-15-3-2-4-16-45/h2-38H,1H3. The summed E-state index contributed by atoms with van der Waals surface area (Å²) in [5.41, 5.74) is 12.6. The van der Waals surface area contributed by atoms with Gasteiger partial charge in [-0.15, -0.1) is 0 Å². The minimum absolute atomic E-state index is 0.730. The molecule has 0 fully saturated rings. The highest BCUT2D eigenvalue weighted by molar-refractivity contribution is 6.23. The van der Waals surface area contributed by atoms with Gasteiger partial charge in [0.25, 0.3) is 0 Å². The van der Waals surface area contributed by atoms with Gasteiger partial charge in [0, 0.05) is 16.5 Å². The van der Waals surface area contributed by atoms with E-state index in [4.69, 9.17) is 9.97 Å². The Hall–Kier alpha value is -8.46. The van der Waals surface area contributed by atoms with Crippen molar-refractivity contribution in [2.24, 2.45) is 0 Å². The molecule has 0 N–H and O–H groups in total. The van der Waals surface area contributed by atoms with Gasteiger partial charge in [-0.1, -0.05) is 212 Å². The van der Waals surface area contributed by atoms with Crippen LogP contribution in [0.2, 0.25) is 0 Å². The van der Waals surface area contributed by atoms with Gasteiger partial charge >= 0.3 is 0 Å². The second-order valence-electron chi connectivity index (χ2n) is 17.2. The molecule has 0 unspecified atom stereocenters. The summed E-state index contributed by atoms with van der Waals surface area (Å²) in [6, 6.07) is 81.6. The fourth-order valence-electron chi connectivity index (χ4n) is 10.6. The third-order valence-corrected chi connectivity index (χ3v) is 13.6. The number of benzene rings is 12. The lowest BCUT2D eigenvalue weighted by Crippen LogP contribution is -1.98. The van der Waals surface area contributed by atoms with Gasteiger partial charge in [-0.2, -0.15) is 0 Å². The van der Waals surface area contributed by atoms with E-state index in [9.17, 15) is 0 Å². The number of hydrogen-bond acceptors (Lipinski definition) is 2. The van der Waals surface area contributed by atoms with E-state index in [0.717, 1.165) is 44.3 Å². The van der Waals surface area contributed by atoms with E-state index in [1.54, 1.807) is 0 Å². The molecule has 0 atom stereocenters. The highest BCUT2D eigenvalue weighted by atomic mass is 14.9. The lowest BCUT2D eigenvalue weighted by molar-refractivity contribution is 1.24. The number of aryl methyl sites for hydroxylation is 1. The van der Waals surface area contributed by atoms with Crippen LogP contribution in [-0.2, 0) is 0 Å². The number of aromatic nitrogens is 2. The van der Waals surface area contributed by atoms with E-state index in [1.165, 1.54) is 92.8 Å². The maximum absolute atomic E-state index is 5.36. The van der Waals surface area contributed by atoms with Crippen LogP contribution in [0.1, 0.15) is 5.56 Å². The fraction of sp³-hybridized carbons (Fsp3) is 0.0159. The van der Waals surface area contributed by atoms with Crippen molar-refractivity contribution >= 4 is 75.5 Å². The highest BCUT2D eigenvalue weighted by Gasteiger charge is 2.21. The van der Waals surface area contributed by atoms with Crippen molar-refractivity contribution < 1.29 is 0 Å². The average molecular weight is 825 g/mol. The molecule has 0 spiro atoms. The maximum atomic E-state index is 5.36. The Morgan fingerprint density at radius 2 is 0.815 bits per heavy atom. The third kappa shape index (κ3) is 5.95. The SMILES string of the molecule is Cc1cccc2ccc3cccc(-c4cccc5ccc6cc(-c7ccc(-c8c9ccccc9c(-c9nc(-c%10ccccc%10)c%10ccccc%10n9)c9ccccc89)cc7)ccc6c45)c3c12. The van der Waals surface area contributed by atoms with Gasteiger partial charge in [-0.3, -0.25) is 0 Å². The zero-order valence-corrected chi connectivity index (χ0v) is 35.8. The summed E-state index contributed by atoms with van der Waals surface area (Å²) in [6.07, 6.45) is 0. The van der Waals surface area contributed by atoms with Gasteiger partial charge in [-0.05, 0) is 123 Å². The molecule has 0 bridgehead atoms. The van der Waals surface area contributed by atoms with Gasteiger partial charge in [-0.25, -0.2) is 9.97 Å². The maximum Gasteiger partial charge on any atom is 0.161 e. The molecule has 0 saturated heterocycles. The predicted octanol–water partition coefficient (Wildman–Crippen LogP) is 17.2. The van der Waals surface area contributed by atoms with E-state index >= 15 is 0 Å². The number of nitrogens with zero attached hydrogens (tertiary/aromatic N) is 2. The Labute approximate surface area is 376 Å². The molecule has 1 aromatic heterocycles. The molecule has 302 valence electrons. The molecule has 2 nitrogen and oxygen atoms in total. The highest BCUT2D eigenvalue weighted by Crippen LogP contribution is 2.45. The summed E-state index contributed by atoms with van der Waals surface area (Å²) >= 11 is 0. The topological polar surface area (TPSA) is 25.8 Å². The predicted molar refractivity (Wildman–Crippen MR) is 276 cm³/mol. The number of rotatable bonds is 5. The molecule has 2 heteroatoms. The monoisotopic (exact) mass is 824 g/mol. The number of hydrogen-bond donors (Lipinski definition) is 0. The first-order valence-corrected chi connectivity index (χ1v) is 22.4. The Morgan fingerprint density at radius 3 is 1.51 bits per heavy atom. The minimum Gasteiger partial charge on any atom is -0.228 e. The first kappa shape index (κ1) is 37.1. The molecule has 65 heavy (non-hydrogen) atoms. The number of para-hydroxylation sites is 1. The van der Waals surface area contributed by atoms with Crippen molar-refractivity contribution in [2.45, 2.75) is 6.92 Å². The van der Waals surface area contributed by atoms with Crippen LogP contribution in [0.25, 0.3) is 132 Å². The van der Waals surface area contributed by atoms with Crippen LogP contribution in [0, 0.1) is 6.92 Å². The average Bonchev–Trinajstić information content (AvgIpc) is 3.37. The Morgan fingerprint density at radius 1 is 0.292 bits per heavy atom. The van der Waals surface area contributed by atoms with Crippen molar-refractivity contribution in [3.05, 3.63) is 230 Å². The molecule has 13 rings (SSSR count). The van der Waals surface area contributed by atoms with Crippen LogP contribution in [0.5, 0.6) is 0 Å². The lowest BCUT2D eigenvalue weighted by atomic mass is 9.87. The molecular weight excluding hydrogens is 785 g/mol. The zero-order chi connectivity index (χ0) is 43.0. The van der Waals surface area contributed by atoms with Gasteiger partial charge in [0.2, 0.25) is 0 Å². The van der Waals surface area contributed by atoms with Crippen molar-refractivity contribution in [2.75, 3.05) is 0 Å². The van der Waals surface area contributed by atoms with E-state index in [1.807, 2.05) is 6.07 Å². The summed E-state index contributed by atoms with van der Waals surface area (Å²) in [7, 11) is 0. The van der Waals surface area contributed by atoms with Crippen LogP contribution in [0.3, 0.4) is 0 Å². The van der Waals surface area contributed by atoms with Crippen LogP contribution < -0.4 is 0 Å². The molecule has 12 aromatic carbocycles. The smallest absolute Gasteiger partial charge is 0.161 e. The minimum atomic E-state index is 0.730. The quantitative estimate of drug-likeness (QED) is 0.128. The zero-order valence-electron chi connectivity index (χ0n) is 35.8. The molecule has 0 saturated carbocycles. The van der Waals surface area contributed by atoms with Crippen LogP contribution in [0.15, 0.2) is 224 Å². The first-order chi connectivity index (χ1) is 32.2. The molecule has 1 heterocycles. The van der Waals surface area contributed by atoms with E-state index in [0.29, 0.717) is 0 Å². The molecule has 0 aliphatic rings. The molecular formula is C63H40N2. The third-order valence-electron chi connectivity index (χ3n) is 13.6. The summed E-state index contributed by atoms with van der Waals surface area (Å²) in [6.45, 7) is 2.23. The second-order valence-corrected chi connectivity index (χ2v) is 17.2. The number of fused-ring (bicyclic) bond motifs is 9. The van der Waals surface area contributed by atoms with Crippen molar-refractivity contribution in [1.29, 1.82) is 0 Å². The van der Waals surface area contributed by atoms with Gasteiger partial charge in [0.1, 0.15) is 0 Å². The van der Waals surface area contributed by atoms with Gasteiger partial charge < -0.3 is 0 Å². The summed E-state index contributed by atoms with van der Waals surface area (Å²) in [4.78, 5) is 10.6. The van der Waals surface area contributed by atoms with E-state index < -0.39 is 0 Å². The van der Waals surface area contributed by atoms with Crippen LogP contribution in [0.4, 0.5) is 0 Å². The fourth-order valence-corrected chi connectivity index (χ4v) is 10.6. The normalized spacial score (nSPS) is 11.8. The molecule has 0 aliphatic heterocycles. The first-order valence-electron chi connectivity index (χ1n) is 22.4. The van der Waals surface area contributed by atoms with E-state index in [2.05, 4.69) is 225 Å². The van der Waals surface area contributed by atoms with Crippen molar-refractivity contribution in [3.63, 3.8) is 0 Å². The van der Waals surface area contributed by atoms with Gasteiger partial charge in [0.05, 0.1) is 11.2 Å². The van der Waals surface area contributed by atoms with Crippen LogP contribution in [-0.4, -0.2) is 9.97 Å². The Balaban J connectivity index is 0.936. The van der Waals surface area contributed by atoms with Crippen molar-refractivity contribution in [1.82, 2.24) is 9.97 Å². The lowest BCUT2D eigenvalue weighted by Gasteiger charge is -2.18. The van der Waals surface area contributed by atoms with E-state index in [-0.39, 0.29) is 0 Å². The van der Waals surface area contributed by atoms with Crippen LogP contribution >= 0.6 is 0 Å².